The zero-order valence-electron chi connectivity index (χ0n) is 23.6. The Morgan fingerprint density at radius 1 is 1.15 bits per heavy atom. The molecule has 1 aliphatic heterocycles. The predicted molar refractivity (Wildman–Crippen MR) is 154 cm³/mol. The summed E-state index contributed by atoms with van der Waals surface area (Å²) >= 11 is 0. The number of aromatic amines is 1. The van der Waals surface area contributed by atoms with E-state index in [-0.39, 0.29) is 23.5 Å². The molecule has 210 valence electrons. The zero-order chi connectivity index (χ0) is 28.1. The lowest BCUT2D eigenvalue weighted by atomic mass is 9.98. The lowest BCUT2D eigenvalue weighted by molar-refractivity contribution is -0.149. The fraction of sp³-hybridized carbons (Fsp3) is 0.406. The van der Waals surface area contributed by atoms with Gasteiger partial charge in [0.25, 0.3) is 5.91 Å². The van der Waals surface area contributed by atoms with Crippen LogP contribution >= 0.6 is 0 Å². The molecule has 1 aliphatic rings. The smallest absolute Gasteiger partial charge is 0.310 e. The number of esters is 1. The minimum Gasteiger partial charge on any atom is -0.466 e. The molecule has 0 aliphatic carbocycles. The Balaban J connectivity index is 1.29. The lowest BCUT2D eigenvalue weighted by Crippen LogP contribution is -2.43. The summed E-state index contributed by atoms with van der Waals surface area (Å²) in [5.74, 6) is -0.227. The first kappa shape index (κ1) is 27.6. The van der Waals surface area contributed by atoms with Gasteiger partial charge in [-0.2, -0.15) is 0 Å². The summed E-state index contributed by atoms with van der Waals surface area (Å²) in [6, 6.07) is 14.9. The van der Waals surface area contributed by atoms with Crippen LogP contribution in [-0.4, -0.2) is 57.9 Å². The van der Waals surface area contributed by atoms with Crippen molar-refractivity contribution in [2.45, 2.75) is 53.1 Å². The number of nitrogens with one attached hydrogen (secondary N) is 1. The van der Waals surface area contributed by atoms with Crippen molar-refractivity contribution >= 4 is 22.8 Å². The Morgan fingerprint density at radius 2 is 2.00 bits per heavy atom. The Hall–Kier alpha value is -3.91. The van der Waals surface area contributed by atoms with Crippen LogP contribution in [0.15, 0.2) is 59.3 Å². The van der Waals surface area contributed by atoms with Gasteiger partial charge in [-0.25, -0.2) is 4.98 Å². The van der Waals surface area contributed by atoms with Gasteiger partial charge < -0.3 is 19.0 Å². The summed E-state index contributed by atoms with van der Waals surface area (Å²) in [6.07, 6.45) is 5.89. The third-order valence-corrected chi connectivity index (χ3v) is 7.72. The van der Waals surface area contributed by atoms with E-state index in [1.165, 1.54) is 33.9 Å². The van der Waals surface area contributed by atoms with Crippen molar-refractivity contribution in [1.82, 2.24) is 19.8 Å². The van der Waals surface area contributed by atoms with Gasteiger partial charge >= 0.3 is 5.97 Å². The molecular formula is C32H38N4O4. The number of nitrogens with zero attached hydrogens (tertiary/aromatic N) is 3. The highest BCUT2D eigenvalue weighted by Crippen LogP contribution is 2.22. The Bertz CT molecular complexity index is 1470. The number of carbonyl (C=O) groups excluding carboxylic acids is 2. The highest BCUT2D eigenvalue weighted by molar-refractivity contribution is 5.92. The molecule has 0 saturated carbocycles. The number of H-pyrrole nitrogens is 1. The van der Waals surface area contributed by atoms with Gasteiger partial charge in [-0.1, -0.05) is 42.0 Å². The number of hydrogen-bond acceptors (Lipinski definition) is 6. The van der Waals surface area contributed by atoms with E-state index in [0.717, 1.165) is 37.9 Å². The van der Waals surface area contributed by atoms with Gasteiger partial charge in [-0.05, 0) is 62.8 Å². The monoisotopic (exact) mass is 542 g/mol. The average Bonchev–Trinajstić information content (AvgIpc) is 3.60. The number of ether oxygens (including phenoxy) is 1. The maximum Gasteiger partial charge on any atom is 0.310 e. The van der Waals surface area contributed by atoms with E-state index in [1.54, 1.807) is 11.8 Å². The normalized spacial score (nSPS) is 15.6. The Kier molecular flexibility index (Phi) is 8.65. The van der Waals surface area contributed by atoms with E-state index in [9.17, 15) is 9.59 Å². The number of rotatable bonds is 10. The maximum atomic E-state index is 13.2. The first-order valence-electron chi connectivity index (χ1n) is 14.1. The lowest BCUT2D eigenvalue weighted by Gasteiger charge is -2.30. The van der Waals surface area contributed by atoms with Crippen LogP contribution in [0, 0.1) is 19.8 Å². The SMILES string of the molecule is CCOC(=O)[C@H]1CCCN(C(=O)c2coc(CN(CCc3c[nH]c4ccccc34)Cc3ccc(C)cc3C)n2)C1. The Morgan fingerprint density at radius 3 is 2.83 bits per heavy atom. The largest absolute Gasteiger partial charge is 0.466 e. The number of oxazole rings is 1. The number of likely N-dealkylation sites (tertiary alicyclic amines) is 1. The van der Waals surface area contributed by atoms with Crippen molar-refractivity contribution in [2.24, 2.45) is 5.92 Å². The summed E-state index contributed by atoms with van der Waals surface area (Å²) < 4.78 is 11.0. The molecule has 1 saturated heterocycles. The number of hydrogen-bond donors (Lipinski definition) is 1. The van der Waals surface area contributed by atoms with Crippen LogP contribution in [0.4, 0.5) is 0 Å². The van der Waals surface area contributed by atoms with Crippen LogP contribution in [0.1, 0.15) is 58.4 Å². The molecule has 1 atom stereocenters. The Labute approximate surface area is 235 Å². The second kappa shape index (κ2) is 12.5. The number of aryl methyl sites for hydroxylation is 2. The van der Waals surface area contributed by atoms with E-state index in [4.69, 9.17) is 9.15 Å². The van der Waals surface area contributed by atoms with Crippen molar-refractivity contribution in [3.63, 3.8) is 0 Å². The van der Waals surface area contributed by atoms with Gasteiger partial charge in [0.15, 0.2) is 5.69 Å². The van der Waals surface area contributed by atoms with Crippen molar-refractivity contribution in [2.75, 3.05) is 26.2 Å². The van der Waals surface area contributed by atoms with E-state index >= 15 is 0 Å². The molecule has 1 amide bonds. The second-order valence-corrected chi connectivity index (χ2v) is 10.7. The van der Waals surface area contributed by atoms with Crippen molar-refractivity contribution in [3.05, 3.63) is 88.8 Å². The molecule has 8 heteroatoms. The number of para-hydroxylation sites is 1. The highest BCUT2D eigenvalue weighted by atomic mass is 16.5. The van der Waals surface area contributed by atoms with Crippen molar-refractivity contribution < 1.29 is 18.7 Å². The predicted octanol–water partition coefficient (Wildman–Crippen LogP) is 5.43. The number of carbonyl (C=O) groups is 2. The fourth-order valence-corrected chi connectivity index (χ4v) is 5.54. The van der Waals surface area contributed by atoms with E-state index < -0.39 is 0 Å². The number of piperidine rings is 1. The quantitative estimate of drug-likeness (QED) is 0.269. The summed E-state index contributed by atoms with van der Waals surface area (Å²) in [4.78, 5) is 37.4. The molecule has 2 aromatic heterocycles. The van der Waals surface area contributed by atoms with Crippen LogP contribution < -0.4 is 0 Å². The molecule has 5 rings (SSSR count). The average molecular weight is 543 g/mol. The van der Waals surface area contributed by atoms with Gasteiger partial charge in [0.1, 0.15) is 6.26 Å². The summed E-state index contributed by atoms with van der Waals surface area (Å²) in [5.41, 5.74) is 6.43. The van der Waals surface area contributed by atoms with E-state index in [1.807, 2.05) is 6.07 Å². The van der Waals surface area contributed by atoms with Gasteiger partial charge in [0.2, 0.25) is 5.89 Å². The summed E-state index contributed by atoms with van der Waals surface area (Å²) in [5, 5.41) is 1.24. The molecule has 2 aromatic carbocycles. The van der Waals surface area contributed by atoms with E-state index in [0.29, 0.717) is 32.1 Å². The molecule has 3 heterocycles. The van der Waals surface area contributed by atoms with Crippen LogP contribution in [0.25, 0.3) is 10.9 Å². The standard InChI is InChI=1S/C32H38N4O4/c1-4-39-32(38)26-8-7-14-36(19-26)31(37)29-21-40-30(34-29)20-35(18-25-12-11-22(2)16-23(25)3)15-13-24-17-33-28-10-6-5-9-27(24)28/h5-6,9-12,16-17,21,26,33H,4,7-8,13-15,18-20H2,1-3H3/t26-/m0/s1. The van der Waals surface area contributed by atoms with Crippen LogP contribution in [-0.2, 0) is 29.0 Å². The molecule has 0 unspecified atom stereocenters. The molecule has 4 aromatic rings. The molecular weight excluding hydrogens is 504 g/mol. The number of benzene rings is 2. The molecule has 1 N–H and O–H groups in total. The maximum absolute atomic E-state index is 13.2. The summed E-state index contributed by atoms with van der Waals surface area (Å²) in [7, 11) is 0. The van der Waals surface area contributed by atoms with Gasteiger partial charge in [-0.3, -0.25) is 14.5 Å². The minimum absolute atomic E-state index is 0.205. The third kappa shape index (κ3) is 6.45. The number of amides is 1. The van der Waals surface area contributed by atoms with E-state index in [2.05, 4.69) is 71.3 Å². The first-order chi connectivity index (χ1) is 19.4. The van der Waals surface area contributed by atoms with Crippen LogP contribution in [0.2, 0.25) is 0 Å². The van der Waals surface area contributed by atoms with Gasteiger partial charge in [-0.15, -0.1) is 0 Å². The fourth-order valence-electron chi connectivity index (χ4n) is 5.54. The van der Waals surface area contributed by atoms with Crippen LogP contribution in [0.5, 0.6) is 0 Å². The first-order valence-corrected chi connectivity index (χ1v) is 14.1. The highest BCUT2D eigenvalue weighted by Gasteiger charge is 2.31. The molecule has 0 spiro atoms. The van der Waals surface area contributed by atoms with Gasteiger partial charge in [0, 0.05) is 43.3 Å². The van der Waals surface area contributed by atoms with Crippen molar-refractivity contribution in [3.8, 4) is 0 Å². The topological polar surface area (TPSA) is 91.7 Å². The molecule has 0 bridgehead atoms. The van der Waals surface area contributed by atoms with Crippen LogP contribution in [0.3, 0.4) is 0 Å². The molecule has 0 radical (unpaired) electrons. The second-order valence-electron chi connectivity index (χ2n) is 10.7. The minimum atomic E-state index is -0.290. The number of fused-ring (bicyclic) bond motifs is 1. The third-order valence-electron chi connectivity index (χ3n) is 7.72. The molecule has 40 heavy (non-hydrogen) atoms. The molecule has 8 nitrogen and oxygen atoms in total. The number of aromatic nitrogens is 2. The van der Waals surface area contributed by atoms with Gasteiger partial charge in [0.05, 0.1) is 19.1 Å². The molecule has 1 fully saturated rings. The zero-order valence-corrected chi connectivity index (χ0v) is 23.6. The summed E-state index contributed by atoms with van der Waals surface area (Å²) in [6.45, 7) is 9.36. The van der Waals surface area contributed by atoms with Crippen molar-refractivity contribution in [1.29, 1.82) is 0 Å².